The van der Waals surface area contributed by atoms with Crippen LogP contribution < -0.4 is 0 Å². The molecule has 0 unspecified atom stereocenters. The molecule has 0 aromatic carbocycles. The second kappa shape index (κ2) is 7.99. The highest BCUT2D eigenvalue weighted by atomic mass is 35.7. The molecular weight excluding hydrogens is 393 g/mol. The Morgan fingerprint density at radius 1 is 0.588 bits per heavy atom. The molecule has 0 rings (SSSR count). The number of hydrogen-bond donors (Lipinski definition) is 0. The summed E-state index contributed by atoms with van der Waals surface area (Å²) in [5.41, 5.74) is 0. The van der Waals surface area contributed by atoms with Gasteiger partial charge in [0.05, 0.1) is 0 Å². The van der Waals surface area contributed by atoms with Crippen molar-refractivity contribution in [2.24, 2.45) is 0 Å². The lowest BCUT2D eigenvalue weighted by atomic mass is 10.6. The largest absolute Gasteiger partial charge is 0.251 e. The van der Waals surface area contributed by atoms with Crippen molar-refractivity contribution in [1.29, 1.82) is 0 Å². The molecule has 0 fully saturated rings. The van der Waals surface area contributed by atoms with Crippen molar-refractivity contribution in [2.45, 2.75) is 50.1 Å². The summed E-state index contributed by atoms with van der Waals surface area (Å²) >= 11 is 36.8. The molecule has 0 nitrogen and oxygen atoms in total. The standard InChI is InChI=1S/C8H18Cl6Si3/c1-15(9,10)5-3-7-17(13,14)8-4-6-16(2,11)12/h3-8H2,1-2H3. The molecule has 0 aliphatic rings. The first kappa shape index (κ1) is 19.4. The summed E-state index contributed by atoms with van der Waals surface area (Å²) in [5.74, 6) is 0. The van der Waals surface area contributed by atoms with Gasteiger partial charge < -0.3 is 0 Å². The molecule has 0 heterocycles. The van der Waals surface area contributed by atoms with E-state index in [1.165, 1.54) is 0 Å². The Balaban J connectivity index is 3.81. The third-order valence-electron chi connectivity index (χ3n) is 2.32. The molecule has 0 aromatic rings. The molecule has 0 saturated carbocycles. The van der Waals surface area contributed by atoms with Gasteiger partial charge in [0, 0.05) is 0 Å². The highest BCUT2D eigenvalue weighted by Crippen LogP contribution is 2.34. The van der Waals surface area contributed by atoms with Crippen LogP contribution in [0, 0.1) is 0 Å². The van der Waals surface area contributed by atoms with Crippen LogP contribution in [0.1, 0.15) is 12.8 Å². The lowest BCUT2D eigenvalue weighted by molar-refractivity contribution is 0.997. The maximum absolute atomic E-state index is 6.36. The van der Waals surface area contributed by atoms with Gasteiger partial charge in [0.2, 0.25) is 13.4 Å². The molecule has 0 bridgehead atoms. The molecule has 0 aliphatic carbocycles. The maximum atomic E-state index is 6.36. The summed E-state index contributed by atoms with van der Waals surface area (Å²) in [4.78, 5) is 0. The van der Waals surface area contributed by atoms with Crippen molar-refractivity contribution in [3.8, 4) is 0 Å². The Hall–Kier alpha value is 2.39. The summed E-state index contributed by atoms with van der Waals surface area (Å²) in [5, 5.41) is 0. The van der Waals surface area contributed by atoms with Gasteiger partial charge in [-0.15, -0.1) is 66.5 Å². The average Bonchev–Trinajstić information content (AvgIpc) is 1.96. The van der Waals surface area contributed by atoms with Crippen molar-refractivity contribution in [3.63, 3.8) is 0 Å². The van der Waals surface area contributed by atoms with Crippen LogP contribution in [0.2, 0.25) is 37.3 Å². The first-order valence-electron chi connectivity index (χ1n) is 5.55. The molecule has 9 heteroatoms. The van der Waals surface area contributed by atoms with Gasteiger partial charge in [-0.25, -0.2) is 0 Å². The zero-order valence-corrected chi connectivity index (χ0v) is 17.5. The van der Waals surface area contributed by atoms with Crippen molar-refractivity contribution >= 4 is 86.6 Å². The summed E-state index contributed by atoms with van der Waals surface area (Å²) in [6, 6.07) is 3.39. The molecule has 0 aliphatic heterocycles. The molecule has 0 aromatic heterocycles. The van der Waals surface area contributed by atoms with Crippen LogP contribution >= 0.6 is 66.5 Å². The fraction of sp³-hybridized carbons (Fsp3) is 1.00. The van der Waals surface area contributed by atoms with Crippen LogP contribution in [-0.4, -0.2) is 20.1 Å². The number of rotatable bonds is 8. The van der Waals surface area contributed by atoms with Gasteiger partial charge in [-0.3, -0.25) is 0 Å². The predicted octanol–water partition coefficient (Wildman–Crippen LogP) is 6.79. The second-order valence-electron chi connectivity index (χ2n) is 4.70. The summed E-state index contributed by atoms with van der Waals surface area (Å²) in [6.45, 7) is -2.32. The number of halogens is 6. The smallest absolute Gasteiger partial charge is 0.146 e. The molecule has 0 amide bonds. The van der Waals surface area contributed by atoms with Crippen LogP contribution in [0.3, 0.4) is 0 Å². The third kappa shape index (κ3) is 14.6. The quantitative estimate of drug-likeness (QED) is 0.305. The summed E-state index contributed by atoms with van der Waals surface area (Å²) in [6.07, 6.45) is 1.84. The predicted molar refractivity (Wildman–Crippen MR) is 92.6 cm³/mol. The zero-order chi connectivity index (χ0) is 13.7. The fourth-order valence-corrected chi connectivity index (χ4v) is 8.59. The van der Waals surface area contributed by atoms with Crippen LogP contribution in [0.15, 0.2) is 0 Å². The molecule has 0 saturated heterocycles. The minimum absolute atomic E-state index is 0.848. The van der Waals surface area contributed by atoms with Gasteiger partial charge in [0.25, 0.3) is 6.69 Å². The minimum atomic E-state index is -2.15. The van der Waals surface area contributed by atoms with Crippen LogP contribution in [0.5, 0.6) is 0 Å². The monoisotopic (exact) mass is 408 g/mol. The minimum Gasteiger partial charge on any atom is -0.146 e. The van der Waals surface area contributed by atoms with Gasteiger partial charge in [0.15, 0.2) is 0 Å². The molecule has 104 valence electrons. The first-order chi connectivity index (χ1) is 7.41. The highest BCUT2D eigenvalue weighted by Gasteiger charge is 2.31. The zero-order valence-electron chi connectivity index (χ0n) is 10.0. The lowest BCUT2D eigenvalue weighted by Crippen LogP contribution is -2.22. The van der Waals surface area contributed by atoms with Crippen LogP contribution in [0.4, 0.5) is 0 Å². The molecule has 0 atom stereocenters. The van der Waals surface area contributed by atoms with Crippen molar-refractivity contribution in [1.82, 2.24) is 0 Å². The van der Waals surface area contributed by atoms with Gasteiger partial charge in [-0.05, 0) is 37.3 Å². The van der Waals surface area contributed by atoms with Crippen molar-refractivity contribution in [3.05, 3.63) is 0 Å². The van der Waals surface area contributed by atoms with E-state index in [0.29, 0.717) is 0 Å². The Morgan fingerprint density at radius 2 is 0.882 bits per heavy atom. The van der Waals surface area contributed by atoms with Crippen LogP contribution in [0.25, 0.3) is 0 Å². The Kier molecular flexibility index (Phi) is 9.11. The lowest BCUT2D eigenvalue weighted by Gasteiger charge is -2.19. The topological polar surface area (TPSA) is 0 Å². The van der Waals surface area contributed by atoms with Gasteiger partial charge in [-0.1, -0.05) is 12.8 Å². The molecule has 0 radical (unpaired) electrons. The normalized spacial score (nSPS) is 14.1. The molecular formula is C8H18Cl6Si3. The third-order valence-corrected chi connectivity index (χ3v) is 11.5. The van der Waals surface area contributed by atoms with Gasteiger partial charge >= 0.3 is 0 Å². The van der Waals surface area contributed by atoms with Gasteiger partial charge in [0.1, 0.15) is 0 Å². The van der Waals surface area contributed by atoms with E-state index in [0.717, 1.165) is 37.0 Å². The highest BCUT2D eigenvalue weighted by molar-refractivity contribution is 7.46. The van der Waals surface area contributed by atoms with E-state index in [1.807, 2.05) is 13.1 Å². The first-order valence-corrected chi connectivity index (χ1v) is 19.4. The Labute approximate surface area is 135 Å². The fourth-order valence-electron chi connectivity index (χ4n) is 1.44. The van der Waals surface area contributed by atoms with E-state index in [1.54, 1.807) is 0 Å². The molecule has 17 heavy (non-hydrogen) atoms. The Morgan fingerprint density at radius 3 is 1.12 bits per heavy atom. The van der Waals surface area contributed by atoms with E-state index in [9.17, 15) is 0 Å². The molecule has 0 N–H and O–H groups in total. The molecule has 0 spiro atoms. The summed E-state index contributed by atoms with van der Waals surface area (Å²) in [7, 11) is 0. The van der Waals surface area contributed by atoms with Gasteiger partial charge in [-0.2, -0.15) is 0 Å². The van der Waals surface area contributed by atoms with E-state index >= 15 is 0 Å². The van der Waals surface area contributed by atoms with E-state index < -0.39 is 20.1 Å². The van der Waals surface area contributed by atoms with E-state index in [2.05, 4.69) is 0 Å². The second-order valence-corrected chi connectivity index (χ2v) is 28.8. The number of hydrogen-bond acceptors (Lipinski definition) is 0. The van der Waals surface area contributed by atoms with Crippen LogP contribution in [-0.2, 0) is 0 Å². The SMILES string of the molecule is C[Si](Cl)(Cl)CCC[Si](Cl)(Cl)CCC[Si](C)(Cl)Cl. The Bertz CT molecular complexity index is 200. The maximum Gasteiger partial charge on any atom is 0.251 e. The van der Waals surface area contributed by atoms with E-state index in [-0.39, 0.29) is 0 Å². The van der Waals surface area contributed by atoms with Crippen molar-refractivity contribution in [2.75, 3.05) is 0 Å². The average molecular weight is 411 g/mol. The summed E-state index contributed by atoms with van der Waals surface area (Å²) < 4.78 is 0. The van der Waals surface area contributed by atoms with E-state index in [4.69, 9.17) is 66.5 Å². The van der Waals surface area contributed by atoms with Crippen molar-refractivity contribution < 1.29 is 0 Å².